The molecule has 0 saturated carbocycles. The van der Waals surface area contributed by atoms with Crippen molar-refractivity contribution in [1.82, 2.24) is 9.55 Å². The second-order valence-electron chi connectivity index (χ2n) is 4.56. The zero-order chi connectivity index (χ0) is 11.1. The summed E-state index contributed by atoms with van der Waals surface area (Å²) in [6, 6.07) is 0. The third-order valence-corrected chi connectivity index (χ3v) is 3.01. The van der Waals surface area contributed by atoms with E-state index in [9.17, 15) is 0 Å². The Morgan fingerprint density at radius 3 is 2.60 bits per heavy atom. The van der Waals surface area contributed by atoms with Gasteiger partial charge in [-0.3, -0.25) is 0 Å². The van der Waals surface area contributed by atoms with E-state index in [1.54, 1.807) is 0 Å². The first kappa shape index (κ1) is 12.5. The maximum Gasteiger partial charge on any atom is 0.177 e. The molecule has 0 bridgehead atoms. The van der Waals surface area contributed by atoms with Crippen molar-refractivity contribution in [3.8, 4) is 0 Å². The van der Waals surface area contributed by atoms with Gasteiger partial charge in [-0.25, -0.2) is 0 Å². The Kier molecular flexibility index (Phi) is 5.69. The number of nitrogens with zero attached hydrogens (tertiary/aromatic N) is 1. The molecular weight excluding hydrogens is 204 g/mol. The Morgan fingerprint density at radius 1 is 1.27 bits per heavy atom. The molecule has 15 heavy (non-hydrogen) atoms. The predicted octanol–water partition coefficient (Wildman–Crippen LogP) is 4.15. The highest BCUT2D eigenvalue weighted by Gasteiger charge is 1.95. The monoisotopic (exact) mass is 226 g/mol. The highest BCUT2D eigenvalue weighted by molar-refractivity contribution is 7.71. The van der Waals surface area contributed by atoms with Gasteiger partial charge >= 0.3 is 0 Å². The molecule has 1 aromatic rings. The van der Waals surface area contributed by atoms with Crippen LogP contribution in [0, 0.1) is 10.7 Å². The number of aromatic nitrogens is 2. The Bertz CT molecular complexity index is 311. The lowest BCUT2D eigenvalue weighted by atomic mass is 10.0. The summed E-state index contributed by atoms with van der Waals surface area (Å²) in [4.78, 5) is 3.01. The molecule has 86 valence electrons. The number of imidazole rings is 1. The van der Waals surface area contributed by atoms with E-state index in [0.717, 1.165) is 17.2 Å². The summed E-state index contributed by atoms with van der Waals surface area (Å²) in [6.07, 6.45) is 10.6. The summed E-state index contributed by atoms with van der Waals surface area (Å²) in [5, 5.41) is 0. The third kappa shape index (κ3) is 5.17. The minimum absolute atomic E-state index is 0.845. The van der Waals surface area contributed by atoms with Crippen LogP contribution in [0.3, 0.4) is 0 Å². The van der Waals surface area contributed by atoms with Gasteiger partial charge in [0.2, 0.25) is 0 Å². The molecule has 0 radical (unpaired) electrons. The van der Waals surface area contributed by atoms with Crippen LogP contribution in [0.5, 0.6) is 0 Å². The molecule has 1 aromatic heterocycles. The van der Waals surface area contributed by atoms with Gasteiger partial charge in [-0.05, 0) is 24.6 Å². The van der Waals surface area contributed by atoms with Gasteiger partial charge in [0.1, 0.15) is 0 Å². The molecule has 0 unspecified atom stereocenters. The lowest BCUT2D eigenvalue weighted by molar-refractivity contribution is 0.505. The number of hydrogen-bond acceptors (Lipinski definition) is 1. The van der Waals surface area contributed by atoms with Crippen LogP contribution < -0.4 is 0 Å². The molecule has 1 rings (SSSR count). The first-order valence-corrected chi connectivity index (χ1v) is 6.35. The number of aromatic amines is 1. The highest BCUT2D eigenvalue weighted by Crippen LogP contribution is 2.10. The van der Waals surface area contributed by atoms with Gasteiger partial charge in [0, 0.05) is 18.9 Å². The summed E-state index contributed by atoms with van der Waals surface area (Å²) in [5.41, 5.74) is 0. The summed E-state index contributed by atoms with van der Waals surface area (Å²) in [6.45, 7) is 5.64. The second-order valence-corrected chi connectivity index (χ2v) is 4.94. The van der Waals surface area contributed by atoms with Crippen molar-refractivity contribution >= 4 is 12.2 Å². The van der Waals surface area contributed by atoms with E-state index < -0.39 is 0 Å². The summed E-state index contributed by atoms with van der Waals surface area (Å²) >= 11 is 5.13. The van der Waals surface area contributed by atoms with Crippen LogP contribution in [0.2, 0.25) is 0 Å². The van der Waals surface area contributed by atoms with Gasteiger partial charge in [0.25, 0.3) is 0 Å². The average Bonchev–Trinajstić information content (AvgIpc) is 2.57. The standard InChI is InChI=1S/C12H22N2S/c1-11(2)7-5-3-4-6-9-14-10-8-13-12(14)15/h8,10-11H,3-7,9H2,1-2H3,(H,13,15). The number of H-pyrrole nitrogens is 1. The van der Waals surface area contributed by atoms with Crippen molar-refractivity contribution in [2.75, 3.05) is 0 Å². The van der Waals surface area contributed by atoms with Crippen molar-refractivity contribution in [2.24, 2.45) is 5.92 Å². The number of hydrogen-bond donors (Lipinski definition) is 1. The molecule has 0 aromatic carbocycles. The predicted molar refractivity (Wildman–Crippen MR) is 67.5 cm³/mol. The van der Waals surface area contributed by atoms with Gasteiger partial charge in [0.05, 0.1) is 0 Å². The zero-order valence-electron chi connectivity index (χ0n) is 9.83. The first-order valence-electron chi connectivity index (χ1n) is 5.94. The van der Waals surface area contributed by atoms with E-state index in [1.165, 1.54) is 32.1 Å². The maximum absolute atomic E-state index is 5.13. The third-order valence-electron chi connectivity index (χ3n) is 2.65. The molecule has 2 nitrogen and oxygen atoms in total. The summed E-state index contributed by atoms with van der Waals surface area (Å²) < 4.78 is 2.95. The Hall–Kier alpha value is -0.570. The van der Waals surface area contributed by atoms with Crippen LogP contribution in [-0.2, 0) is 6.54 Å². The molecule has 1 N–H and O–H groups in total. The smallest absolute Gasteiger partial charge is 0.177 e. The molecule has 0 aliphatic carbocycles. The van der Waals surface area contributed by atoms with E-state index in [2.05, 4.69) is 23.4 Å². The Balaban J connectivity index is 2.03. The highest BCUT2D eigenvalue weighted by atomic mass is 32.1. The molecule has 0 aliphatic rings. The van der Waals surface area contributed by atoms with E-state index in [4.69, 9.17) is 12.2 Å². The molecular formula is C12H22N2S. The first-order chi connectivity index (χ1) is 7.20. The SMILES string of the molecule is CC(C)CCCCCCn1cc[nH]c1=S. The van der Waals surface area contributed by atoms with Crippen LogP contribution >= 0.6 is 12.2 Å². The van der Waals surface area contributed by atoms with E-state index in [0.29, 0.717) is 0 Å². The lowest BCUT2D eigenvalue weighted by Crippen LogP contribution is -1.96. The molecule has 0 fully saturated rings. The molecule has 0 spiro atoms. The van der Waals surface area contributed by atoms with E-state index in [1.807, 2.05) is 12.4 Å². The van der Waals surface area contributed by atoms with Crippen LogP contribution in [0.15, 0.2) is 12.4 Å². The summed E-state index contributed by atoms with van der Waals surface area (Å²) in [5.74, 6) is 0.850. The van der Waals surface area contributed by atoms with Crippen LogP contribution in [0.25, 0.3) is 0 Å². The van der Waals surface area contributed by atoms with Gasteiger partial charge in [-0.2, -0.15) is 0 Å². The number of nitrogens with one attached hydrogen (secondary N) is 1. The molecule has 0 saturated heterocycles. The van der Waals surface area contributed by atoms with E-state index in [-0.39, 0.29) is 0 Å². The molecule has 0 atom stereocenters. The number of unbranched alkanes of at least 4 members (excludes halogenated alkanes) is 3. The van der Waals surface area contributed by atoms with Gasteiger partial charge < -0.3 is 9.55 Å². The summed E-state index contributed by atoms with van der Waals surface area (Å²) in [7, 11) is 0. The minimum Gasteiger partial charge on any atom is -0.337 e. The van der Waals surface area contributed by atoms with Gasteiger partial charge in [-0.15, -0.1) is 0 Å². The van der Waals surface area contributed by atoms with Crippen molar-refractivity contribution in [3.63, 3.8) is 0 Å². The van der Waals surface area contributed by atoms with Crippen molar-refractivity contribution in [1.29, 1.82) is 0 Å². The largest absolute Gasteiger partial charge is 0.337 e. The second kappa shape index (κ2) is 6.83. The van der Waals surface area contributed by atoms with Crippen LogP contribution in [0.1, 0.15) is 46.0 Å². The quantitative estimate of drug-likeness (QED) is 0.547. The topological polar surface area (TPSA) is 20.7 Å². The molecule has 0 amide bonds. The van der Waals surface area contributed by atoms with Crippen molar-refractivity contribution in [2.45, 2.75) is 52.5 Å². The van der Waals surface area contributed by atoms with E-state index >= 15 is 0 Å². The van der Waals surface area contributed by atoms with Crippen molar-refractivity contribution in [3.05, 3.63) is 17.2 Å². The van der Waals surface area contributed by atoms with Gasteiger partial charge in [-0.1, -0.05) is 39.5 Å². The fraction of sp³-hybridized carbons (Fsp3) is 0.750. The normalized spacial score (nSPS) is 11.1. The van der Waals surface area contributed by atoms with Crippen LogP contribution in [-0.4, -0.2) is 9.55 Å². The van der Waals surface area contributed by atoms with Crippen molar-refractivity contribution < 1.29 is 0 Å². The lowest BCUT2D eigenvalue weighted by Gasteiger charge is -2.04. The molecule has 1 heterocycles. The maximum atomic E-state index is 5.13. The minimum atomic E-state index is 0.845. The Morgan fingerprint density at radius 2 is 2.00 bits per heavy atom. The van der Waals surface area contributed by atoms with Crippen LogP contribution in [0.4, 0.5) is 0 Å². The number of rotatable bonds is 7. The molecule has 0 aliphatic heterocycles. The zero-order valence-corrected chi connectivity index (χ0v) is 10.6. The van der Waals surface area contributed by atoms with Gasteiger partial charge in [0.15, 0.2) is 4.77 Å². The fourth-order valence-corrected chi connectivity index (χ4v) is 1.93. The molecule has 3 heteroatoms. The fourth-order valence-electron chi connectivity index (χ4n) is 1.71. The number of aryl methyl sites for hydroxylation is 1. The average molecular weight is 226 g/mol. The Labute approximate surface area is 97.7 Å².